The van der Waals surface area contributed by atoms with Crippen molar-refractivity contribution in [3.05, 3.63) is 89.0 Å². The molecule has 3 N–H and O–H groups in total. The minimum Gasteiger partial charge on any atom is -0.505 e. The zero-order valence-electron chi connectivity index (χ0n) is 19.7. The fourth-order valence-corrected chi connectivity index (χ4v) is 4.69. The maximum atomic E-state index is 13.4. The smallest absolute Gasteiger partial charge is 0.232 e. The third-order valence-electron chi connectivity index (χ3n) is 6.00. The average Bonchev–Trinajstić information content (AvgIpc) is 3.11. The number of anilines is 1. The third kappa shape index (κ3) is 5.00. The molecule has 9 heteroatoms. The molecule has 0 aliphatic rings. The first-order valence-corrected chi connectivity index (χ1v) is 13.1. The number of nitrogens with zero attached hydrogens (tertiary/aromatic N) is 2. The van der Waals surface area contributed by atoms with Crippen LogP contribution in [0.2, 0.25) is 0 Å². The van der Waals surface area contributed by atoms with Gasteiger partial charge < -0.3 is 14.2 Å². The summed E-state index contributed by atoms with van der Waals surface area (Å²) in [6.45, 7) is 3.70. The van der Waals surface area contributed by atoms with E-state index in [0.717, 1.165) is 16.6 Å². The Morgan fingerprint density at radius 1 is 0.971 bits per heavy atom. The quantitative estimate of drug-likeness (QED) is 0.243. The lowest BCUT2D eigenvalue weighted by atomic mass is 10.0. The molecule has 4 rings (SSSR count). The van der Waals surface area contributed by atoms with E-state index < -0.39 is 10.0 Å². The van der Waals surface area contributed by atoms with Gasteiger partial charge in [0.15, 0.2) is 5.78 Å². The van der Waals surface area contributed by atoms with Gasteiger partial charge in [-0.15, -0.1) is 0 Å². The molecule has 0 bridgehead atoms. The Labute approximate surface area is 204 Å². The molecular weight excluding hydrogens is 464 g/mol. The van der Waals surface area contributed by atoms with Gasteiger partial charge in [-0.3, -0.25) is 14.9 Å². The number of aromatic nitrogens is 2. The predicted octanol–water partition coefficient (Wildman–Crippen LogP) is 3.88. The lowest BCUT2D eigenvalue weighted by Gasteiger charge is -2.14. The van der Waals surface area contributed by atoms with Gasteiger partial charge in [-0.1, -0.05) is 49.4 Å². The van der Waals surface area contributed by atoms with Crippen molar-refractivity contribution in [1.29, 1.82) is 5.41 Å². The number of carbonyl (C=O) groups excluding carboxylic acids is 1. The second-order valence-electron chi connectivity index (χ2n) is 8.28. The number of ketones is 1. The van der Waals surface area contributed by atoms with E-state index in [1.807, 2.05) is 66.1 Å². The molecule has 8 nitrogen and oxygen atoms in total. The molecule has 1 aromatic heterocycles. The minimum absolute atomic E-state index is 0.0165. The average molecular weight is 493 g/mol. The van der Waals surface area contributed by atoms with Crippen molar-refractivity contribution >= 4 is 32.5 Å². The first kappa shape index (κ1) is 24.3. The summed E-state index contributed by atoms with van der Waals surface area (Å²) < 4.78 is 30.1. The van der Waals surface area contributed by atoms with Gasteiger partial charge in [0, 0.05) is 5.56 Å². The number of rotatable bonds is 9. The third-order valence-corrected chi connectivity index (χ3v) is 7.29. The molecule has 0 fully saturated rings. The molecule has 0 saturated heterocycles. The topological polar surface area (TPSA) is 117 Å². The number of hydrogen-bond acceptors (Lipinski definition) is 5. The maximum Gasteiger partial charge on any atom is 0.232 e. The van der Waals surface area contributed by atoms with Crippen LogP contribution in [0.1, 0.15) is 35.3 Å². The van der Waals surface area contributed by atoms with Gasteiger partial charge >= 0.3 is 0 Å². The number of fused-ring (bicyclic) bond motifs is 1. The molecular formula is C26H28N4O4S. The second-order valence-corrected chi connectivity index (χ2v) is 10.3. The standard InChI is InChI=1S/C26H28N4O4S/c1-3-19-14-20(15-21(25(19)32)28-35(33,34)4-2)24(31)17-30-23-13-9-8-12-22(23)29(26(30)27)16-18-10-6-5-7-11-18/h5-15,27-28,32H,3-4,16-17H2,1-2H3. The van der Waals surface area contributed by atoms with Crippen molar-refractivity contribution in [3.63, 3.8) is 0 Å². The molecule has 0 spiro atoms. The number of aryl methyl sites for hydroxylation is 1. The van der Waals surface area contributed by atoms with E-state index in [2.05, 4.69) is 4.72 Å². The Hall–Kier alpha value is -3.85. The number of carbonyl (C=O) groups is 1. The molecule has 3 aromatic carbocycles. The van der Waals surface area contributed by atoms with E-state index in [-0.39, 0.29) is 40.7 Å². The number of sulfonamides is 1. The van der Waals surface area contributed by atoms with E-state index in [4.69, 9.17) is 5.41 Å². The Kier molecular flexibility index (Phi) is 6.79. The van der Waals surface area contributed by atoms with Gasteiger partial charge in [-0.25, -0.2) is 8.42 Å². The highest BCUT2D eigenvalue weighted by atomic mass is 32.2. The van der Waals surface area contributed by atoms with Gasteiger partial charge in [0.25, 0.3) is 0 Å². The summed E-state index contributed by atoms with van der Waals surface area (Å²) >= 11 is 0. The van der Waals surface area contributed by atoms with E-state index in [1.54, 1.807) is 10.6 Å². The van der Waals surface area contributed by atoms with Crippen molar-refractivity contribution < 1.29 is 18.3 Å². The Balaban J connectivity index is 1.74. The molecule has 0 atom stereocenters. The number of Topliss-reactive ketones (excluding diaryl/α,β-unsaturated/α-hetero) is 1. The van der Waals surface area contributed by atoms with Crippen molar-refractivity contribution in [3.8, 4) is 5.75 Å². The summed E-state index contributed by atoms with van der Waals surface area (Å²) in [6.07, 6.45) is 0.418. The highest BCUT2D eigenvalue weighted by molar-refractivity contribution is 7.92. The molecule has 1 heterocycles. The first-order chi connectivity index (χ1) is 16.7. The molecule has 182 valence electrons. The highest BCUT2D eigenvalue weighted by Gasteiger charge is 2.19. The lowest BCUT2D eigenvalue weighted by molar-refractivity contribution is 0.0971. The fourth-order valence-electron chi connectivity index (χ4n) is 4.06. The van der Waals surface area contributed by atoms with Gasteiger partial charge in [0.1, 0.15) is 5.75 Å². The number of phenolic OH excluding ortho intramolecular Hbond substituents is 1. The van der Waals surface area contributed by atoms with Crippen molar-refractivity contribution in [2.24, 2.45) is 0 Å². The van der Waals surface area contributed by atoms with Gasteiger partial charge in [0.2, 0.25) is 15.6 Å². The normalized spacial score (nSPS) is 11.6. The van der Waals surface area contributed by atoms with E-state index in [0.29, 0.717) is 18.5 Å². The SMILES string of the molecule is CCc1cc(C(=O)Cn2c(=N)n(Cc3ccccc3)c3ccccc32)cc(NS(=O)(=O)CC)c1O. The van der Waals surface area contributed by atoms with Crippen LogP contribution in [0.15, 0.2) is 66.7 Å². The second kappa shape index (κ2) is 9.79. The summed E-state index contributed by atoms with van der Waals surface area (Å²) in [5.41, 5.74) is 3.53. The van der Waals surface area contributed by atoms with Gasteiger partial charge in [-0.2, -0.15) is 0 Å². The number of hydrogen-bond donors (Lipinski definition) is 3. The molecule has 35 heavy (non-hydrogen) atoms. The number of imidazole rings is 1. The number of phenols is 1. The summed E-state index contributed by atoms with van der Waals surface area (Å²) in [7, 11) is -3.64. The van der Waals surface area contributed by atoms with Gasteiger partial charge in [0.05, 0.1) is 35.6 Å². The number of nitrogens with one attached hydrogen (secondary N) is 2. The molecule has 0 radical (unpaired) electrons. The van der Waals surface area contributed by atoms with Crippen molar-refractivity contribution in [2.75, 3.05) is 10.5 Å². The largest absolute Gasteiger partial charge is 0.505 e. The molecule has 4 aromatic rings. The Morgan fingerprint density at radius 2 is 1.60 bits per heavy atom. The molecule has 0 aliphatic heterocycles. The van der Waals surface area contributed by atoms with Crippen LogP contribution in [0.25, 0.3) is 11.0 Å². The van der Waals surface area contributed by atoms with Gasteiger partial charge in [-0.05, 0) is 48.7 Å². The molecule has 0 aliphatic carbocycles. The number of benzene rings is 3. The molecule has 0 unspecified atom stereocenters. The Bertz CT molecular complexity index is 1550. The van der Waals surface area contributed by atoms with Crippen LogP contribution in [0, 0.1) is 5.41 Å². The lowest BCUT2D eigenvalue weighted by Crippen LogP contribution is -2.27. The van der Waals surface area contributed by atoms with Crippen LogP contribution < -0.4 is 10.3 Å². The highest BCUT2D eigenvalue weighted by Crippen LogP contribution is 2.31. The Morgan fingerprint density at radius 3 is 2.23 bits per heavy atom. The van der Waals surface area contributed by atoms with E-state index in [1.165, 1.54) is 13.0 Å². The minimum atomic E-state index is -3.64. The van der Waals surface area contributed by atoms with Crippen LogP contribution in [0.4, 0.5) is 5.69 Å². The van der Waals surface area contributed by atoms with Crippen molar-refractivity contribution in [2.45, 2.75) is 33.4 Å². The van der Waals surface area contributed by atoms with Crippen LogP contribution >= 0.6 is 0 Å². The van der Waals surface area contributed by atoms with Crippen molar-refractivity contribution in [1.82, 2.24) is 9.13 Å². The predicted molar refractivity (Wildman–Crippen MR) is 136 cm³/mol. The van der Waals surface area contributed by atoms with Crippen LogP contribution in [-0.2, 0) is 29.5 Å². The van der Waals surface area contributed by atoms with Crippen LogP contribution in [0.3, 0.4) is 0 Å². The summed E-state index contributed by atoms with van der Waals surface area (Å²) in [4.78, 5) is 13.4. The first-order valence-electron chi connectivity index (χ1n) is 11.4. The van der Waals surface area contributed by atoms with E-state index in [9.17, 15) is 18.3 Å². The monoisotopic (exact) mass is 492 g/mol. The molecule has 0 saturated carbocycles. The fraction of sp³-hybridized carbons (Fsp3) is 0.231. The van der Waals surface area contributed by atoms with E-state index >= 15 is 0 Å². The number of para-hydroxylation sites is 2. The summed E-state index contributed by atoms with van der Waals surface area (Å²) in [6, 6.07) is 20.3. The zero-order chi connectivity index (χ0) is 25.2. The summed E-state index contributed by atoms with van der Waals surface area (Å²) in [5, 5.41) is 19.3. The molecule has 0 amide bonds. The zero-order valence-corrected chi connectivity index (χ0v) is 20.5. The summed E-state index contributed by atoms with van der Waals surface area (Å²) in [5.74, 6) is -0.641. The maximum absolute atomic E-state index is 13.4. The van der Waals surface area contributed by atoms with Crippen LogP contribution in [-0.4, -0.2) is 34.2 Å². The van der Waals surface area contributed by atoms with Crippen LogP contribution in [0.5, 0.6) is 5.75 Å². The number of aromatic hydroxyl groups is 1.